The fourth-order valence-electron chi connectivity index (χ4n) is 2.91. The van der Waals surface area contributed by atoms with Gasteiger partial charge in [-0.2, -0.15) is 17.2 Å². The SMILES string of the molecule is Nc1ncnc2c1ncn2[C@@H]1O[C@H](COP(=O)(O)OP(=O)(O)OP(=O)(O)OP(=O)(O)OP(=O)(O)O)[C@@H](O)[C@H]1O. The van der Waals surface area contributed by atoms with Crippen molar-refractivity contribution in [1.29, 1.82) is 0 Å². The Morgan fingerprint density at radius 3 is 1.92 bits per heavy atom. The van der Waals surface area contributed by atoms with Crippen LogP contribution in [0.25, 0.3) is 11.2 Å². The minimum absolute atomic E-state index is 0.0189. The number of hydrogen-bond donors (Lipinski definition) is 9. The number of ether oxygens (including phenoxy) is 1. The molecule has 0 aromatic carbocycles. The van der Waals surface area contributed by atoms with Gasteiger partial charge in [0.1, 0.15) is 30.2 Å². The Kier molecular flexibility index (Phi) is 9.42. The Morgan fingerprint density at radius 2 is 1.36 bits per heavy atom. The first-order valence-electron chi connectivity index (χ1n) is 9.41. The van der Waals surface area contributed by atoms with E-state index in [1.165, 1.54) is 0 Å². The molecule has 1 aliphatic heterocycles. The number of nitrogens with zero attached hydrogens (tertiary/aromatic N) is 4. The van der Waals surface area contributed by atoms with Crippen LogP contribution in [0.3, 0.4) is 0 Å². The summed E-state index contributed by atoms with van der Waals surface area (Å²) >= 11 is 0. The Morgan fingerprint density at radius 1 is 0.821 bits per heavy atom. The topological polar surface area (TPSA) is 372 Å². The fraction of sp³-hybridized carbons (Fsp3) is 0.500. The van der Waals surface area contributed by atoms with Gasteiger partial charge in [0.15, 0.2) is 17.7 Å². The second-order valence-corrected chi connectivity index (χ2v) is 14.7. The molecule has 0 radical (unpaired) electrons. The van der Waals surface area contributed by atoms with Crippen LogP contribution in [0.2, 0.25) is 0 Å². The average molecular weight is 667 g/mol. The van der Waals surface area contributed by atoms with Crippen LogP contribution in [0.1, 0.15) is 6.23 Å². The summed E-state index contributed by atoms with van der Waals surface area (Å²) in [5.74, 6) is -0.0189. The van der Waals surface area contributed by atoms with Crippen molar-refractivity contribution in [3.63, 3.8) is 0 Å². The minimum atomic E-state index is -6.26. The first kappa shape index (κ1) is 32.5. The smallest absolute Gasteiger partial charge is 0.387 e. The monoisotopic (exact) mass is 667 g/mol. The Balaban J connectivity index is 1.63. The number of aliphatic hydroxyl groups is 2. The van der Waals surface area contributed by atoms with E-state index in [0.29, 0.717) is 0 Å². The van der Waals surface area contributed by atoms with Crippen LogP contribution in [0.5, 0.6) is 0 Å². The van der Waals surface area contributed by atoms with Crippen LogP contribution in [-0.2, 0) is 49.3 Å². The summed E-state index contributed by atoms with van der Waals surface area (Å²) in [5.41, 5.74) is 5.85. The predicted molar refractivity (Wildman–Crippen MR) is 117 cm³/mol. The lowest BCUT2D eigenvalue weighted by Gasteiger charge is -2.20. The third-order valence-corrected chi connectivity index (χ3v) is 11.3. The molecule has 3 heterocycles. The minimum Gasteiger partial charge on any atom is -0.387 e. The third kappa shape index (κ3) is 8.71. The highest BCUT2D eigenvalue weighted by Crippen LogP contribution is 2.73. The van der Waals surface area contributed by atoms with Crippen molar-refractivity contribution in [2.45, 2.75) is 24.5 Å². The number of aliphatic hydroxyl groups excluding tert-OH is 2. The van der Waals surface area contributed by atoms with Gasteiger partial charge >= 0.3 is 39.1 Å². The number of imidazole rings is 1. The molecule has 29 heteroatoms. The molecule has 1 saturated heterocycles. The number of aromatic nitrogens is 4. The van der Waals surface area contributed by atoms with Crippen LogP contribution in [0, 0.1) is 0 Å². The van der Waals surface area contributed by atoms with Gasteiger partial charge in [-0.1, -0.05) is 0 Å². The second kappa shape index (κ2) is 11.3. The van der Waals surface area contributed by atoms with Gasteiger partial charge in [-0.3, -0.25) is 9.09 Å². The molecule has 2 aromatic rings. The zero-order chi connectivity index (χ0) is 29.6. The van der Waals surface area contributed by atoms with Gasteiger partial charge < -0.3 is 50.0 Å². The molecule has 0 spiro atoms. The normalized spacial score (nSPS) is 28.4. The number of anilines is 1. The fourth-order valence-corrected chi connectivity index (χ4v) is 8.81. The Bertz CT molecular complexity index is 1460. The zero-order valence-corrected chi connectivity index (χ0v) is 22.8. The number of fused-ring (bicyclic) bond motifs is 1. The molecule has 4 unspecified atom stereocenters. The summed E-state index contributed by atoms with van der Waals surface area (Å²) in [5, 5.41) is 20.6. The summed E-state index contributed by atoms with van der Waals surface area (Å²) in [4.78, 5) is 65.9. The van der Waals surface area contributed by atoms with E-state index in [0.717, 1.165) is 17.2 Å². The van der Waals surface area contributed by atoms with Gasteiger partial charge in [0, 0.05) is 0 Å². The highest BCUT2D eigenvalue weighted by atomic mass is 31.3. The average Bonchev–Trinajstić information content (AvgIpc) is 3.24. The maximum Gasteiger partial charge on any atom is 0.490 e. The number of rotatable bonds is 12. The molecular formula is C10H18N5O19P5. The van der Waals surface area contributed by atoms with E-state index in [9.17, 15) is 47.7 Å². The van der Waals surface area contributed by atoms with Gasteiger partial charge in [0.05, 0.1) is 12.9 Å². The molecule has 24 nitrogen and oxygen atoms in total. The van der Waals surface area contributed by atoms with Crippen LogP contribution < -0.4 is 5.73 Å². The van der Waals surface area contributed by atoms with Crippen LogP contribution in [0.15, 0.2) is 12.7 Å². The van der Waals surface area contributed by atoms with Crippen LogP contribution in [0.4, 0.5) is 5.82 Å². The lowest BCUT2D eigenvalue weighted by atomic mass is 10.1. The maximum atomic E-state index is 12.1. The highest BCUT2D eigenvalue weighted by molar-refractivity contribution is 7.71. The molecule has 0 saturated carbocycles. The third-order valence-electron chi connectivity index (χ3n) is 4.23. The Labute approximate surface area is 214 Å². The number of phosphoric ester groups is 1. The van der Waals surface area contributed by atoms with Crippen molar-refractivity contribution < 1.29 is 88.9 Å². The van der Waals surface area contributed by atoms with E-state index in [4.69, 9.17) is 25.2 Å². The molecular weight excluding hydrogens is 649 g/mol. The van der Waals surface area contributed by atoms with Crippen LogP contribution >= 0.6 is 39.1 Å². The summed E-state index contributed by atoms with van der Waals surface area (Å²) in [6, 6.07) is 0. The number of hydrogen-bond acceptors (Lipinski definition) is 17. The zero-order valence-electron chi connectivity index (χ0n) is 18.3. The molecule has 1 aliphatic rings. The van der Waals surface area contributed by atoms with Gasteiger partial charge in [-0.15, -0.1) is 0 Å². The molecule has 0 aliphatic carbocycles. The van der Waals surface area contributed by atoms with E-state index in [-0.39, 0.29) is 17.0 Å². The number of nitrogens with two attached hydrogens (primary N) is 1. The van der Waals surface area contributed by atoms with Gasteiger partial charge in [-0.25, -0.2) is 37.8 Å². The van der Waals surface area contributed by atoms with Crippen molar-refractivity contribution in [1.82, 2.24) is 19.5 Å². The quantitative estimate of drug-likeness (QED) is 0.118. The first-order chi connectivity index (χ1) is 17.6. The lowest BCUT2D eigenvalue weighted by Crippen LogP contribution is -2.33. The predicted octanol–water partition coefficient (Wildman–Crippen LogP) is -1.40. The number of phosphoric acid groups is 5. The maximum absolute atomic E-state index is 12.1. The molecule has 39 heavy (non-hydrogen) atoms. The highest BCUT2D eigenvalue weighted by Gasteiger charge is 2.49. The summed E-state index contributed by atoms with van der Waals surface area (Å²) in [6.45, 7) is -1.12. The molecule has 0 bridgehead atoms. The van der Waals surface area contributed by atoms with Crippen LogP contribution in [-0.4, -0.2) is 84.0 Å². The second-order valence-electron chi connectivity index (χ2n) is 7.12. The van der Waals surface area contributed by atoms with E-state index in [1.54, 1.807) is 0 Å². The lowest BCUT2D eigenvalue weighted by molar-refractivity contribution is -0.0503. The van der Waals surface area contributed by atoms with Gasteiger partial charge in [0.2, 0.25) is 0 Å². The van der Waals surface area contributed by atoms with Crippen molar-refractivity contribution >= 4 is 56.1 Å². The first-order valence-corrected chi connectivity index (χ1v) is 16.9. The molecule has 222 valence electrons. The summed E-state index contributed by atoms with van der Waals surface area (Å²) in [7, 11) is -30.1. The van der Waals surface area contributed by atoms with E-state index < -0.39 is 70.3 Å². The van der Waals surface area contributed by atoms with Gasteiger partial charge in [0.25, 0.3) is 0 Å². The standard InChI is InChI=1S/C10H18N5O19P5/c11-8-5-9(13-2-12-8)15(3-14-5)10-7(17)6(16)4(30-10)1-29-36(21,22)32-38(25,26)34-39(27,28)33-37(23,24)31-35(18,19)20/h2-4,6-7,10,16-17H,1H2,(H,21,22)(H,23,24)(H,25,26)(H,27,28)(H2,11,12,13)(H2,18,19,20)/t4-,6-,7-,10-/m1/s1. The van der Waals surface area contributed by atoms with Crippen molar-refractivity contribution in [3.05, 3.63) is 12.7 Å². The molecule has 8 atom stereocenters. The number of nitrogen functional groups attached to an aromatic ring is 1. The Hall–Kier alpha value is -1.06. The van der Waals surface area contributed by atoms with Crippen molar-refractivity contribution in [2.75, 3.05) is 12.3 Å². The largest absolute Gasteiger partial charge is 0.490 e. The molecule has 10 N–H and O–H groups in total. The van der Waals surface area contributed by atoms with E-state index >= 15 is 0 Å². The van der Waals surface area contributed by atoms with E-state index in [2.05, 4.69) is 36.7 Å². The summed E-state index contributed by atoms with van der Waals surface area (Å²) in [6.07, 6.45) is -4.32. The molecule has 2 aromatic heterocycles. The summed E-state index contributed by atoms with van der Waals surface area (Å²) < 4.78 is 82.1. The van der Waals surface area contributed by atoms with Gasteiger partial charge in [-0.05, 0) is 0 Å². The van der Waals surface area contributed by atoms with Crippen molar-refractivity contribution in [2.24, 2.45) is 0 Å². The molecule has 3 rings (SSSR count). The molecule has 1 fully saturated rings. The van der Waals surface area contributed by atoms with Crippen molar-refractivity contribution in [3.8, 4) is 0 Å². The van der Waals surface area contributed by atoms with E-state index in [1.807, 2.05) is 0 Å². The molecule has 0 amide bonds.